The van der Waals surface area contributed by atoms with E-state index in [9.17, 15) is 0 Å². The average molecular weight is 195 g/mol. The first-order valence-corrected chi connectivity index (χ1v) is 6.60. The van der Waals surface area contributed by atoms with E-state index in [0.29, 0.717) is 0 Å². The van der Waals surface area contributed by atoms with Gasteiger partial charge in [0.1, 0.15) is 0 Å². The zero-order chi connectivity index (χ0) is 9.80. The lowest BCUT2D eigenvalue weighted by atomic mass is 9.85. The predicted octanol–water partition coefficient (Wildman–Crippen LogP) is 3.49. The molecule has 1 heteroatoms. The van der Waals surface area contributed by atoms with Crippen molar-refractivity contribution in [2.45, 2.75) is 76.8 Å². The summed E-state index contributed by atoms with van der Waals surface area (Å²) in [5.74, 6) is 0.963. The van der Waals surface area contributed by atoms with E-state index in [-0.39, 0.29) is 0 Å². The maximum Gasteiger partial charge on any atom is 0.00721 e. The summed E-state index contributed by atoms with van der Waals surface area (Å²) in [6, 6.07) is 1.71. The molecule has 0 spiro atoms. The van der Waals surface area contributed by atoms with Gasteiger partial charge in [-0.25, -0.2) is 0 Å². The van der Waals surface area contributed by atoms with E-state index < -0.39 is 0 Å². The van der Waals surface area contributed by atoms with Gasteiger partial charge in [0.15, 0.2) is 0 Å². The lowest BCUT2D eigenvalue weighted by molar-refractivity contribution is 0.255. The maximum atomic E-state index is 3.89. The Balaban J connectivity index is 1.72. The monoisotopic (exact) mass is 195 g/mol. The fourth-order valence-corrected chi connectivity index (χ4v) is 3.19. The molecule has 0 aromatic heterocycles. The molecule has 2 unspecified atom stereocenters. The van der Waals surface area contributed by atoms with Crippen molar-refractivity contribution < 1.29 is 0 Å². The summed E-state index contributed by atoms with van der Waals surface area (Å²) in [5.41, 5.74) is 0. The third-order valence-corrected chi connectivity index (χ3v) is 4.01. The van der Waals surface area contributed by atoms with Gasteiger partial charge in [0.25, 0.3) is 0 Å². The second-order valence-corrected chi connectivity index (χ2v) is 5.47. The zero-order valence-electron chi connectivity index (χ0n) is 9.60. The fourth-order valence-electron chi connectivity index (χ4n) is 3.19. The Bertz CT molecular complexity index is 161. The molecular formula is C13H25N. The van der Waals surface area contributed by atoms with E-state index in [1.54, 1.807) is 0 Å². The summed E-state index contributed by atoms with van der Waals surface area (Å²) in [5, 5.41) is 3.89. The van der Waals surface area contributed by atoms with Gasteiger partial charge in [-0.3, -0.25) is 0 Å². The van der Waals surface area contributed by atoms with Crippen LogP contribution in [0.15, 0.2) is 0 Å². The largest absolute Gasteiger partial charge is 0.311 e. The van der Waals surface area contributed by atoms with E-state index in [2.05, 4.69) is 12.2 Å². The minimum atomic E-state index is 0.849. The molecule has 0 radical (unpaired) electrons. The van der Waals surface area contributed by atoms with Crippen LogP contribution >= 0.6 is 0 Å². The van der Waals surface area contributed by atoms with Crippen molar-refractivity contribution in [1.29, 1.82) is 0 Å². The molecule has 2 fully saturated rings. The van der Waals surface area contributed by atoms with Crippen LogP contribution in [-0.2, 0) is 0 Å². The Kier molecular flexibility index (Phi) is 3.86. The van der Waals surface area contributed by atoms with E-state index in [0.717, 1.165) is 18.0 Å². The molecule has 0 bridgehead atoms. The minimum absolute atomic E-state index is 0.849. The Morgan fingerprint density at radius 3 is 2.21 bits per heavy atom. The summed E-state index contributed by atoms with van der Waals surface area (Å²) in [7, 11) is 0. The van der Waals surface area contributed by atoms with Crippen LogP contribution in [0.4, 0.5) is 0 Å². The predicted molar refractivity (Wildman–Crippen MR) is 61.4 cm³/mol. The Labute approximate surface area is 88.7 Å². The van der Waals surface area contributed by atoms with Crippen LogP contribution < -0.4 is 5.32 Å². The van der Waals surface area contributed by atoms with Gasteiger partial charge in [-0.1, -0.05) is 39.0 Å². The van der Waals surface area contributed by atoms with Gasteiger partial charge in [0, 0.05) is 12.1 Å². The highest BCUT2D eigenvalue weighted by Gasteiger charge is 2.22. The van der Waals surface area contributed by atoms with Crippen LogP contribution in [0.25, 0.3) is 0 Å². The second kappa shape index (κ2) is 5.16. The first-order valence-electron chi connectivity index (χ1n) is 6.60. The van der Waals surface area contributed by atoms with Crippen LogP contribution in [0.5, 0.6) is 0 Å². The molecule has 2 aliphatic carbocycles. The summed E-state index contributed by atoms with van der Waals surface area (Å²) >= 11 is 0. The molecule has 0 amide bonds. The molecule has 2 atom stereocenters. The Morgan fingerprint density at radius 1 is 0.786 bits per heavy atom. The van der Waals surface area contributed by atoms with Gasteiger partial charge < -0.3 is 5.32 Å². The van der Waals surface area contributed by atoms with Gasteiger partial charge in [0.05, 0.1) is 0 Å². The number of hydrogen-bond acceptors (Lipinski definition) is 1. The van der Waals surface area contributed by atoms with Crippen molar-refractivity contribution in [3.8, 4) is 0 Å². The molecule has 0 aliphatic heterocycles. The highest BCUT2D eigenvalue weighted by Crippen LogP contribution is 2.26. The van der Waals surface area contributed by atoms with Crippen LogP contribution in [0.3, 0.4) is 0 Å². The first kappa shape index (κ1) is 10.5. The van der Waals surface area contributed by atoms with E-state index in [1.165, 1.54) is 57.8 Å². The lowest BCUT2D eigenvalue weighted by Gasteiger charge is -2.33. The fraction of sp³-hybridized carbons (Fsp3) is 1.00. The molecule has 14 heavy (non-hydrogen) atoms. The Morgan fingerprint density at radius 2 is 1.50 bits per heavy atom. The van der Waals surface area contributed by atoms with E-state index >= 15 is 0 Å². The molecule has 1 nitrogen and oxygen atoms in total. The Hall–Kier alpha value is -0.0400. The summed E-state index contributed by atoms with van der Waals surface area (Å²) in [6.07, 6.45) is 13.0. The van der Waals surface area contributed by atoms with Crippen molar-refractivity contribution in [2.75, 3.05) is 0 Å². The lowest BCUT2D eigenvalue weighted by Crippen LogP contribution is -2.41. The number of nitrogens with one attached hydrogen (secondary N) is 1. The minimum Gasteiger partial charge on any atom is -0.311 e. The molecule has 2 rings (SSSR count). The average Bonchev–Trinajstić information content (AvgIpc) is 2.19. The van der Waals surface area contributed by atoms with Crippen LogP contribution in [0, 0.1) is 5.92 Å². The topological polar surface area (TPSA) is 12.0 Å². The normalized spacial score (nSPS) is 35.8. The van der Waals surface area contributed by atoms with Crippen LogP contribution in [0.2, 0.25) is 0 Å². The second-order valence-electron chi connectivity index (χ2n) is 5.47. The van der Waals surface area contributed by atoms with Crippen molar-refractivity contribution in [1.82, 2.24) is 5.32 Å². The van der Waals surface area contributed by atoms with Crippen molar-refractivity contribution in [3.63, 3.8) is 0 Å². The van der Waals surface area contributed by atoms with E-state index in [1.807, 2.05) is 0 Å². The van der Waals surface area contributed by atoms with Gasteiger partial charge in [0.2, 0.25) is 0 Å². The molecule has 82 valence electrons. The van der Waals surface area contributed by atoms with Crippen LogP contribution in [-0.4, -0.2) is 12.1 Å². The standard InChI is InChI=1S/C13H25N/c1-11-6-5-9-13(10-11)14-12-7-3-2-4-8-12/h11-14H,2-10H2,1H3. The van der Waals surface area contributed by atoms with Crippen molar-refractivity contribution >= 4 is 0 Å². The highest BCUT2D eigenvalue weighted by molar-refractivity contribution is 4.81. The smallest absolute Gasteiger partial charge is 0.00721 e. The molecule has 2 saturated carbocycles. The maximum absolute atomic E-state index is 3.89. The van der Waals surface area contributed by atoms with Gasteiger partial charge in [-0.2, -0.15) is 0 Å². The quantitative estimate of drug-likeness (QED) is 0.711. The summed E-state index contributed by atoms with van der Waals surface area (Å²) in [6.45, 7) is 2.41. The third kappa shape index (κ3) is 2.98. The van der Waals surface area contributed by atoms with Crippen molar-refractivity contribution in [3.05, 3.63) is 0 Å². The summed E-state index contributed by atoms with van der Waals surface area (Å²) in [4.78, 5) is 0. The molecule has 0 aromatic rings. The van der Waals surface area contributed by atoms with Gasteiger partial charge in [-0.05, 0) is 31.6 Å². The molecule has 0 aromatic carbocycles. The van der Waals surface area contributed by atoms with Gasteiger partial charge >= 0.3 is 0 Å². The summed E-state index contributed by atoms with van der Waals surface area (Å²) < 4.78 is 0. The molecule has 1 N–H and O–H groups in total. The molecular weight excluding hydrogens is 170 g/mol. The zero-order valence-corrected chi connectivity index (χ0v) is 9.60. The third-order valence-electron chi connectivity index (χ3n) is 4.01. The van der Waals surface area contributed by atoms with Crippen molar-refractivity contribution in [2.24, 2.45) is 5.92 Å². The molecule has 0 heterocycles. The number of rotatable bonds is 2. The van der Waals surface area contributed by atoms with Crippen LogP contribution in [0.1, 0.15) is 64.7 Å². The first-order chi connectivity index (χ1) is 6.84. The SMILES string of the molecule is CC1CCCC(NC2CCCCC2)C1. The molecule has 2 aliphatic rings. The number of hydrogen-bond donors (Lipinski definition) is 1. The highest BCUT2D eigenvalue weighted by atomic mass is 15.0. The van der Waals surface area contributed by atoms with Gasteiger partial charge in [-0.15, -0.1) is 0 Å². The molecule has 0 saturated heterocycles. The van der Waals surface area contributed by atoms with E-state index in [4.69, 9.17) is 0 Å².